The van der Waals surface area contributed by atoms with Crippen molar-refractivity contribution in [2.75, 3.05) is 25.4 Å². The number of carboxylic acid groups (broad SMARTS) is 1. The minimum atomic E-state index is -3.95. The van der Waals surface area contributed by atoms with Crippen molar-refractivity contribution >= 4 is 33.2 Å². The highest BCUT2D eigenvalue weighted by atomic mass is 32.2. The van der Waals surface area contributed by atoms with Gasteiger partial charge in [0, 0.05) is 28.8 Å². The van der Waals surface area contributed by atoms with E-state index in [1.165, 1.54) is 21.8 Å². The molecule has 0 saturated carbocycles. The zero-order valence-corrected chi connectivity index (χ0v) is 26.2. The third kappa shape index (κ3) is 5.55. The minimum absolute atomic E-state index is 0.0266. The fourth-order valence-electron chi connectivity index (χ4n) is 6.54. The molecule has 3 aromatic carbocycles. The van der Waals surface area contributed by atoms with E-state index < -0.39 is 33.1 Å². The van der Waals surface area contributed by atoms with E-state index in [9.17, 15) is 23.1 Å². The number of carbonyl (C=O) groups excluding carboxylic acids is 1. The summed E-state index contributed by atoms with van der Waals surface area (Å²) in [5, 5.41) is 9.90. The molecule has 44 heavy (non-hydrogen) atoms. The molecule has 2 aliphatic rings. The Labute approximate surface area is 262 Å². The summed E-state index contributed by atoms with van der Waals surface area (Å²) in [4.78, 5) is 28.3. The highest BCUT2D eigenvalue weighted by Gasteiger charge is 2.50. The quantitative estimate of drug-likeness (QED) is 0.223. The van der Waals surface area contributed by atoms with Crippen LogP contribution >= 0.6 is 11.3 Å². The summed E-state index contributed by atoms with van der Waals surface area (Å²) >= 11 is 1.31. The lowest BCUT2D eigenvalue weighted by molar-refractivity contribution is -0.137. The number of rotatable bonds is 8. The Kier molecular flexibility index (Phi) is 8.35. The summed E-state index contributed by atoms with van der Waals surface area (Å²) in [5.41, 5.74) is 6.61. The first kappa shape index (κ1) is 30.1. The summed E-state index contributed by atoms with van der Waals surface area (Å²) in [6.45, 7) is 2.27. The van der Waals surface area contributed by atoms with Gasteiger partial charge >= 0.3 is 12.1 Å². The van der Waals surface area contributed by atoms with Gasteiger partial charge < -0.3 is 14.7 Å². The Balaban J connectivity index is 1.22. The van der Waals surface area contributed by atoms with Crippen LogP contribution in [0.15, 0.2) is 84.9 Å². The van der Waals surface area contributed by atoms with Gasteiger partial charge in [-0.2, -0.15) is 0 Å². The average molecular weight is 630 g/mol. The van der Waals surface area contributed by atoms with Crippen LogP contribution in [0.1, 0.15) is 53.7 Å². The molecule has 2 heterocycles. The second-order valence-electron chi connectivity index (χ2n) is 11.5. The van der Waals surface area contributed by atoms with Crippen molar-refractivity contribution < 1.29 is 27.9 Å². The van der Waals surface area contributed by atoms with Gasteiger partial charge in [0.1, 0.15) is 11.4 Å². The van der Waals surface area contributed by atoms with Crippen LogP contribution < -0.4 is 0 Å². The van der Waals surface area contributed by atoms with Crippen molar-refractivity contribution in [2.45, 2.75) is 43.3 Å². The number of aryl methyl sites for hydroxylation is 1. The van der Waals surface area contributed by atoms with Crippen LogP contribution in [0, 0.1) is 0 Å². The van der Waals surface area contributed by atoms with E-state index in [4.69, 9.17) is 4.74 Å². The Hall–Kier alpha value is -3.95. The fraction of sp³-hybridized carbons (Fsp3) is 0.314. The summed E-state index contributed by atoms with van der Waals surface area (Å²) in [5.74, 6) is -1.65. The Morgan fingerprint density at radius 2 is 1.59 bits per heavy atom. The number of sulfone groups is 1. The lowest BCUT2D eigenvalue weighted by Crippen LogP contribution is -2.39. The van der Waals surface area contributed by atoms with Crippen LogP contribution in [0.3, 0.4) is 0 Å². The molecule has 4 aromatic rings. The molecule has 1 saturated heterocycles. The first-order chi connectivity index (χ1) is 21.2. The first-order valence-corrected chi connectivity index (χ1v) is 17.4. The highest BCUT2D eigenvalue weighted by Crippen LogP contribution is 2.46. The Morgan fingerprint density at radius 1 is 0.932 bits per heavy atom. The van der Waals surface area contributed by atoms with Crippen LogP contribution in [0.4, 0.5) is 4.79 Å². The van der Waals surface area contributed by atoms with Crippen molar-refractivity contribution in [3.8, 4) is 21.6 Å². The largest absolute Gasteiger partial charge is 0.481 e. The van der Waals surface area contributed by atoms with E-state index in [1.807, 2.05) is 54.6 Å². The summed E-state index contributed by atoms with van der Waals surface area (Å²) in [6.07, 6.45) is 0.846. The van der Waals surface area contributed by atoms with Crippen molar-refractivity contribution in [3.05, 3.63) is 106 Å². The summed E-state index contributed by atoms with van der Waals surface area (Å²) in [6, 6.07) is 27.9. The maximum atomic E-state index is 13.9. The predicted octanol–water partition coefficient (Wildman–Crippen LogP) is 7.11. The van der Waals surface area contributed by atoms with E-state index in [2.05, 4.69) is 31.2 Å². The molecule has 1 N–H and O–H groups in total. The van der Waals surface area contributed by atoms with Crippen LogP contribution in [0.25, 0.3) is 21.6 Å². The van der Waals surface area contributed by atoms with Gasteiger partial charge in [0.05, 0.1) is 12.2 Å². The minimum Gasteiger partial charge on any atom is -0.481 e. The predicted molar refractivity (Wildman–Crippen MR) is 173 cm³/mol. The molecule has 1 aromatic heterocycles. The van der Waals surface area contributed by atoms with Crippen molar-refractivity contribution in [1.82, 2.24) is 4.90 Å². The van der Waals surface area contributed by atoms with Gasteiger partial charge in [0.15, 0.2) is 9.84 Å². The molecule has 1 unspecified atom stereocenters. The van der Waals surface area contributed by atoms with E-state index >= 15 is 0 Å². The Bertz CT molecular complexity index is 1750. The highest BCUT2D eigenvalue weighted by molar-refractivity contribution is 7.92. The van der Waals surface area contributed by atoms with Crippen molar-refractivity contribution in [1.29, 1.82) is 0 Å². The number of carbonyl (C=O) groups is 2. The topological polar surface area (TPSA) is 101 Å². The lowest BCUT2D eigenvalue weighted by Gasteiger charge is -2.29. The second-order valence-corrected chi connectivity index (χ2v) is 15.0. The number of fused-ring (bicyclic) bond motifs is 3. The number of ether oxygens (including phenoxy) is 1. The van der Waals surface area contributed by atoms with Gasteiger partial charge in [-0.15, -0.1) is 11.3 Å². The number of thiophene rings is 1. The van der Waals surface area contributed by atoms with Crippen molar-refractivity contribution in [3.63, 3.8) is 0 Å². The molecule has 0 spiro atoms. The van der Waals surface area contributed by atoms with Crippen LogP contribution in [0.2, 0.25) is 0 Å². The molecule has 1 aliphatic carbocycles. The van der Waals surface area contributed by atoms with E-state index in [1.54, 1.807) is 6.07 Å². The summed E-state index contributed by atoms with van der Waals surface area (Å²) < 4.78 is 32.0. The fourth-order valence-corrected chi connectivity index (χ4v) is 10.1. The van der Waals surface area contributed by atoms with Gasteiger partial charge in [-0.1, -0.05) is 86.1 Å². The van der Waals surface area contributed by atoms with Crippen LogP contribution in [-0.4, -0.2) is 55.9 Å². The third-order valence-corrected chi connectivity index (χ3v) is 12.8. The average Bonchev–Trinajstić information content (AvgIpc) is 3.60. The normalized spacial score (nSPS) is 19.2. The molecule has 6 rings (SSSR count). The molecule has 0 bridgehead atoms. The first-order valence-electron chi connectivity index (χ1n) is 15.0. The number of hydrogen-bond donors (Lipinski definition) is 1. The zero-order valence-electron chi connectivity index (χ0n) is 24.6. The van der Waals surface area contributed by atoms with Gasteiger partial charge in [-0.05, 0) is 58.4 Å². The molecule has 228 valence electrons. The smallest absolute Gasteiger partial charge is 0.409 e. The number of nitrogens with zero attached hydrogens (tertiary/aromatic N) is 1. The molecular weight excluding hydrogens is 595 g/mol. The number of hydrogen-bond acceptors (Lipinski definition) is 6. The number of carboxylic acids is 1. The molecular formula is C35H35NO6S2. The molecule has 1 fully saturated rings. The summed E-state index contributed by atoms with van der Waals surface area (Å²) in [7, 11) is -3.95. The number of amides is 1. The molecule has 9 heteroatoms. The van der Waals surface area contributed by atoms with E-state index in [-0.39, 0.29) is 37.8 Å². The Morgan fingerprint density at radius 3 is 2.23 bits per heavy atom. The molecule has 1 amide bonds. The van der Waals surface area contributed by atoms with Gasteiger partial charge in [0.25, 0.3) is 0 Å². The molecule has 1 aliphatic heterocycles. The van der Waals surface area contributed by atoms with Crippen LogP contribution in [0.5, 0.6) is 0 Å². The molecule has 7 nitrogen and oxygen atoms in total. The van der Waals surface area contributed by atoms with Crippen molar-refractivity contribution in [2.24, 2.45) is 0 Å². The second kappa shape index (κ2) is 12.2. The maximum Gasteiger partial charge on any atom is 0.409 e. The van der Waals surface area contributed by atoms with Gasteiger partial charge in [-0.3, -0.25) is 4.79 Å². The lowest BCUT2D eigenvalue weighted by atomic mass is 9.97. The molecule has 1 atom stereocenters. The standard InChI is InChI=1S/C35H35NO6S2/c1-2-7-24-12-14-25(15-13-24)31-16-17-32(43-31)35(22-33(37)38)18-19-36(20-21-44(35,40)41)34(39)42-23-30-28-10-5-3-8-26(28)27-9-4-6-11-29(27)30/h3-6,8-17,30H,2,7,18-23H2,1H3,(H,37,38). The number of aliphatic carboxylic acids is 1. The van der Waals surface area contributed by atoms with Gasteiger partial charge in [-0.25, -0.2) is 13.2 Å². The monoisotopic (exact) mass is 629 g/mol. The van der Waals surface area contributed by atoms with Gasteiger partial charge in [0.2, 0.25) is 0 Å². The van der Waals surface area contributed by atoms with E-state index in [0.717, 1.165) is 45.5 Å². The van der Waals surface area contributed by atoms with Crippen LogP contribution in [-0.2, 0) is 30.5 Å². The molecule has 0 radical (unpaired) electrons. The third-order valence-electron chi connectivity index (χ3n) is 8.87. The van der Waals surface area contributed by atoms with E-state index in [0.29, 0.717) is 4.88 Å². The maximum absolute atomic E-state index is 13.9. The zero-order chi connectivity index (χ0) is 30.9. The SMILES string of the molecule is CCCc1ccc(-c2ccc(C3(CC(=O)O)CCN(C(=O)OCC4c5ccccc5-c5ccccc54)CCS3(=O)=O)s2)cc1. The number of benzene rings is 3.